The summed E-state index contributed by atoms with van der Waals surface area (Å²) < 4.78 is 0. The SMILES string of the molecule is CC(=O)NCC1(c2ccccc2)CCN(C(=O)C2CCN(Cc3ccnnc3)CC2)CC1. The van der Waals surface area contributed by atoms with Crippen LogP contribution in [0.25, 0.3) is 0 Å². The molecule has 0 spiro atoms. The number of amides is 2. The van der Waals surface area contributed by atoms with Gasteiger partial charge in [0.1, 0.15) is 0 Å². The molecule has 7 heteroatoms. The van der Waals surface area contributed by atoms with E-state index >= 15 is 0 Å². The third-order valence-corrected chi connectivity index (χ3v) is 7.08. The summed E-state index contributed by atoms with van der Waals surface area (Å²) >= 11 is 0. The van der Waals surface area contributed by atoms with Crippen molar-refractivity contribution in [2.45, 2.75) is 44.6 Å². The van der Waals surface area contributed by atoms with Crippen LogP contribution in [-0.4, -0.2) is 64.5 Å². The molecule has 0 bridgehead atoms. The monoisotopic (exact) mass is 435 g/mol. The second-order valence-electron chi connectivity index (χ2n) is 9.18. The molecule has 2 amide bonds. The maximum atomic E-state index is 13.3. The largest absolute Gasteiger partial charge is 0.355 e. The van der Waals surface area contributed by atoms with Crippen LogP contribution in [0, 0.1) is 5.92 Å². The Labute approximate surface area is 190 Å². The maximum absolute atomic E-state index is 13.3. The number of hydrogen-bond acceptors (Lipinski definition) is 5. The van der Waals surface area contributed by atoms with Crippen LogP contribution in [0.1, 0.15) is 43.7 Å². The van der Waals surface area contributed by atoms with Crippen LogP contribution >= 0.6 is 0 Å². The van der Waals surface area contributed by atoms with Crippen molar-refractivity contribution < 1.29 is 9.59 Å². The van der Waals surface area contributed by atoms with Crippen LogP contribution < -0.4 is 5.32 Å². The molecule has 0 atom stereocenters. The molecule has 2 aromatic rings. The zero-order valence-corrected chi connectivity index (χ0v) is 18.9. The van der Waals surface area contributed by atoms with Gasteiger partial charge in [-0.3, -0.25) is 14.5 Å². The first kappa shape index (κ1) is 22.4. The normalized spacial score (nSPS) is 19.5. The van der Waals surface area contributed by atoms with Crippen molar-refractivity contribution in [3.05, 3.63) is 59.9 Å². The smallest absolute Gasteiger partial charge is 0.225 e. The summed E-state index contributed by atoms with van der Waals surface area (Å²) in [5.74, 6) is 0.408. The quantitative estimate of drug-likeness (QED) is 0.754. The lowest BCUT2D eigenvalue weighted by atomic mass is 9.72. The van der Waals surface area contributed by atoms with E-state index in [-0.39, 0.29) is 17.2 Å². The van der Waals surface area contributed by atoms with Crippen LogP contribution in [0.2, 0.25) is 0 Å². The second-order valence-corrected chi connectivity index (χ2v) is 9.18. The number of piperidine rings is 2. The van der Waals surface area contributed by atoms with Gasteiger partial charge in [0.2, 0.25) is 11.8 Å². The molecule has 7 nitrogen and oxygen atoms in total. The summed E-state index contributed by atoms with van der Waals surface area (Å²) in [6.45, 7) is 6.41. The number of carbonyl (C=O) groups is 2. The highest BCUT2D eigenvalue weighted by molar-refractivity contribution is 5.79. The average Bonchev–Trinajstić information content (AvgIpc) is 2.84. The fourth-order valence-electron chi connectivity index (χ4n) is 5.07. The van der Waals surface area contributed by atoms with Crippen molar-refractivity contribution in [1.29, 1.82) is 0 Å². The van der Waals surface area contributed by atoms with Gasteiger partial charge in [-0.1, -0.05) is 30.3 Å². The van der Waals surface area contributed by atoms with Gasteiger partial charge in [0.15, 0.2) is 0 Å². The Hall–Kier alpha value is -2.80. The van der Waals surface area contributed by atoms with Gasteiger partial charge >= 0.3 is 0 Å². The minimum Gasteiger partial charge on any atom is -0.355 e. The Morgan fingerprint density at radius 2 is 1.75 bits per heavy atom. The van der Waals surface area contributed by atoms with Gasteiger partial charge in [0, 0.05) is 50.6 Å². The summed E-state index contributed by atoms with van der Waals surface area (Å²) in [5, 5.41) is 10.8. The number of likely N-dealkylation sites (tertiary alicyclic amines) is 2. The predicted octanol–water partition coefficient (Wildman–Crippen LogP) is 2.39. The molecule has 0 aliphatic carbocycles. The highest BCUT2D eigenvalue weighted by atomic mass is 16.2. The summed E-state index contributed by atoms with van der Waals surface area (Å²) in [4.78, 5) is 29.3. The van der Waals surface area contributed by atoms with Crippen molar-refractivity contribution in [3.8, 4) is 0 Å². The summed E-state index contributed by atoms with van der Waals surface area (Å²) in [5.41, 5.74) is 2.31. The number of aromatic nitrogens is 2. The first-order valence-electron chi connectivity index (χ1n) is 11.6. The molecule has 1 aromatic carbocycles. The molecule has 4 rings (SSSR count). The third-order valence-electron chi connectivity index (χ3n) is 7.08. The lowest BCUT2D eigenvalue weighted by Gasteiger charge is -2.44. The van der Waals surface area contributed by atoms with E-state index in [4.69, 9.17) is 0 Å². The average molecular weight is 436 g/mol. The Balaban J connectivity index is 1.32. The summed E-state index contributed by atoms with van der Waals surface area (Å²) in [6, 6.07) is 12.4. The Kier molecular flexibility index (Phi) is 7.15. The lowest BCUT2D eigenvalue weighted by Crippen LogP contribution is -2.52. The van der Waals surface area contributed by atoms with E-state index < -0.39 is 0 Å². The van der Waals surface area contributed by atoms with E-state index in [0.29, 0.717) is 12.5 Å². The van der Waals surface area contributed by atoms with E-state index in [1.165, 1.54) is 5.56 Å². The molecule has 170 valence electrons. The number of nitrogens with zero attached hydrogens (tertiary/aromatic N) is 4. The molecule has 0 unspecified atom stereocenters. The van der Waals surface area contributed by atoms with Crippen LogP contribution in [-0.2, 0) is 21.5 Å². The molecule has 0 saturated carbocycles. The molecule has 1 aromatic heterocycles. The van der Waals surface area contributed by atoms with Crippen LogP contribution in [0.3, 0.4) is 0 Å². The van der Waals surface area contributed by atoms with E-state index in [1.54, 1.807) is 13.1 Å². The van der Waals surface area contributed by atoms with Gasteiger partial charge in [-0.2, -0.15) is 10.2 Å². The van der Waals surface area contributed by atoms with Gasteiger partial charge in [-0.05, 0) is 56.0 Å². The van der Waals surface area contributed by atoms with Crippen molar-refractivity contribution >= 4 is 11.8 Å². The topological polar surface area (TPSA) is 78.4 Å². The maximum Gasteiger partial charge on any atom is 0.225 e. The summed E-state index contributed by atoms with van der Waals surface area (Å²) in [6.07, 6.45) is 7.09. The predicted molar refractivity (Wildman–Crippen MR) is 123 cm³/mol. The molecule has 0 radical (unpaired) electrons. The van der Waals surface area contributed by atoms with Crippen molar-refractivity contribution in [3.63, 3.8) is 0 Å². The lowest BCUT2D eigenvalue weighted by molar-refractivity contribution is -0.139. The highest BCUT2D eigenvalue weighted by Crippen LogP contribution is 2.36. The molecule has 2 aliphatic rings. The van der Waals surface area contributed by atoms with Gasteiger partial charge < -0.3 is 10.2 Å². The molecule has 2 saturated heterocycles. The second kappa shape index (κ2) is 10.2. The van der Waals surface area contributed by atoms with E-state index in [9.17, 15) is 9.59 Å². The molecular weight excluding hydrogens is 402 g/mol. The standard InChI is InChI=1S/C25H33N5O2/c1-20(31)26-19-25(23-5-3-2-4-6-23)10-15-30(16-11-25)24(32)22-8-13-29(14-9-22)18-21-7-12-27-28-17-21/h2-7,12,17,22H,8-11,13-16,18-19H2,1H3,(H,26,31). The summed E-state index contributed by atoms with van der Waals surface area (Å²) in [7, 11) is 0. The number of carbonyl (C=O) groups excluding carboxylic acids is 2. The van der Waals surface area contributed by atoms with Gasteiger partial charge in [0.25, 0.3) is 0 Å². The van der Waals surface area contributed by atoms with Crippen molar-refractivity contribution in [1.82, 2.24) is 25.3 Å². The molecule has 3 heterocycles. The minimum atomic E-state index is -0.106. The highest BCUT2D eigenvalue weighted by Gasteiger charge is 2.39. The van der Waals surface area contributed by atoms with Gasteiger partial charge in [-0.15, -0.1) is 0 Å². The van der Waals surface area contributed by atoms with E-state index in [0.717, 1.165) is 64.0 Å². The van der Waals surface area contributed by atoms with E-state index in [1.807, 2.05) is 18.3 Å². The van der Waals surface area contributed by atoms with E-state index in [2.05, 4.69) is 49.6 Å². The number of nitrogens with one attached hydrogen (secondary N) is 1. The van der Waals surface area contributed by atoms with Crippen LogP contribution in [0.15, 0.2) is 48.8 Å². The first-order chi connectivity index (χ1) is 15.6. The fraction of sp³-hybridized carbons (Fsp3) is 0.520. The molecular formula is C25H33N5O2. The number of benzene rings is 1. The Morgan fingerprint density at radius 1 is 1.03 bits per heavy atom. The number of rotatable bonds is 6. The zero-order valence-electron chi connectivity index (χ0n) is 18.9. The molecule has 2 aliphatic heterocycles. The molecule has 32 heavy (non-hydrogen) atoms. The zero-order chi connectivity index (χ0) is 22.4. The first-order valence-corrected chi connectivity index (χ1v) is 11.6. The van der Waals surface area contributed by atoms with Crippen LogP contribution in [0.5, 0.6) is 0 Å². The molecule has 2 fully saturated rings. The number of hydrogen-bond donors (Lipinski definition) is 1. The Bertz CT molecular complexity index is 889. The van der Waals surface area contributed by atoms with Gasteiger partial charge in [-0.25, -0.2) is 0 Å². The minimum absolute atomic E-state index is 0.00637. The third kappa shape index (κ3) is 5.33. The molecule has 1 N–H and O–H groups in total. The van der Waals surface area contributed by atoms with Crippen molar-refractivity contribution in [2.75, 3.05) is 32.7 Å². The van der Waals surface area contributed by atoms with Gasteiger partial charge in [0.05, 0.1) is 6.20 Å². The fourth-order valence-corrected chi connectivity index (χ4v) is 5.07. The van der Waals surface area contributed by atoms with Crippen molar-refractivity contribution in [2.24, 2.45) is 5.92 Å². The Morgan fingerprint density at radius 3 is 2.38 bits per heavy atom. The van der Waals surface area contributed by atoms with Crippen LogP contribution in [0.4, 0.5) is 0 Å².